The molecule has 0 bridgehead atoms. The molecular weight excluding hydrogens is 162 g/mol. The average Bonchev–Trinajstić information content (AvgIpc) is 2.03. The monoisotopic (exact) mass is 177 g/mol. The minimum atomic E-state index is -0.155. The van der Waals surface area contributed by atoms with Crippen molar-refractivity contribution in [3.63, 3.8) is 0 Å². The lowest BCUT2D eigenvalue weighted by atomic mass is 9.98. The van der Waals surface area contributed by atoms with Gasteiger partial charge in [-0.2, -0.15) is 0 Å². The number of nitrogens with zero attached hydrogens (tertiary/aromatic N) is 1. The topological polar surface area (TPSA) is 23.5 Å². The van der Waals surface area contributed by atoms with Crippen LogP contribution in [0.3, 0.4) is 0 Å². The Hall–Kier alpha value is 0.210. The van der Waals surface area contributed by atoms with Gasteiger partial charge >= 0.3 is 0 Å². The summed E-state index contributed by atoms with van der Waals surface area (Å²) in [5.41, 5.74) is 0.0407. The molecule has 1 fully saturated rings. The summed E-state index contributed by atoms with van der Waals surface area (Å²) in [6, 6.07) is 0. The lowest BCUT2D eigenvalue weighted by molar-refractivity contribution is 0.158. The van der Waals surface area contributed by atoms with Crippen molar-refractivity contribution >= 4 is 11.8 Å². The van der Waals surface area contributed by atoms with Crippen molar-refractivity contribution in [3.05, 3.63) is 0 Å². The van der Waals surface area contributed by atoms with Crippen molar-refractivity contribution in [2.45, 2.75) is 44.8 Å². The molecule has 0 amide bonds. The van der Waals surface area contributed by atoms with Crippen LogP contribution in [0.15, 0.2) is 0 Å². The highest BCUT2D eigenvalue weighted by atomic mass is 35.5. The van der Waals surface area contributed by atoms with Gasteiger partial charge in [0.05, 0.1) is 6.10 Å². The average molecular weight is 178 g/mol. The van der Waals surface area contributed by atoms with Gasteiger partial charge in [0.2, 0.25) is 0 Å². The van der Waals surface area contributed by atoms with E-state index in [1.807, 2.05) is 4.42 Å². The second-order valence-corrected chi connectivity index (χ2v) is 4.29. The molecule has 3 heteroatoms. The van der Waals surface area contributed by atoms with Crippen molar-refractivity contribution in [2.75, 3.05) is 6.54 Å². The van der Waals surface area contributed by atoms with Crippen molar-refractivity contribution in [1.82, 2.24) is 4.42 Å². The summed E-state index contributed by atoms with van der Waals surface area (Å²) in [5, 5.41) is 9.35. The molecule has 0 aromatic heterocycles. The number of hydrogen-bond donors (Lipinski definition) is 1. The van der Waals surface area contributed by atoms with Gasteiger partial charge in [-0.1, -0.05) is 0 Å². The quantitative estimate of drug-likeness (QED) is 0.571. The van der Waals surface area contributed by atoms with E-state index in [9.17, 15) is 5.11 Å². The summed E-state index contributed by atoms with van der Waals surface area (Å²) in [6.07, 6.45) is 2.49. The van der Waals surface area contributed by atoms with Crippen LogP contribution in [0.2, 0.25) is 0 Å². The second kappa shape index (κ2) is 3.30. The van der Waals surface area contributed by atoms with Crippen LogP contribution >= 0.6 is 11.8 Å². The first-order valence-corrected chi connectivity index (χ1v) is 4.48. The van der Waals surface area contributed by atoms with Gasteiger partial charge in [-0.05, 0) is 44.9 Å². The van der Waals surface area contributed by atoms with Gasteiger partial charge in [0.25, 0.3) is 0 Å². The molecule has 1 unspecified atom stereocenters. The molecule has 1 rings (SSSR count). The Morgan fingerprint density at radius 3 is 2.73 bits per heavy atom. The zero-order chi connectivity index (χ0) is 8.48. The summed E-state index contributed by atoms with van der Waals surface area (Å²) in [7, 11) is 0. The normalized spacial score (nSPS) is 33.3. The van der Waals surface area contributed by atoms with E-state index in [1.54, 1.807) is 0 Å². The lowest BCUT2D eigenvalue weighted by Crippen LogP contribution is -2.36. The summed E-state index contributed by atoms with van der Waals surface area (Å²) in [6.45, 7) is 5.01. The third-order valence-electron chi connectivity index (χ3n) is 2.40. The number of rotatable bonds is 0. The van der Waals surface area contributed by atoms with Crippen molar-refractivity contribution in [3.8, 4) is 0 Å². The molecule has 0 aromatic carbocycles. The molecule has 1 aliphatic rings. The Morgan fingerprint density at radius 2 is 2.09 bits per heavy atom. The van der Waals surface area contributed by atoms with E-state index < -0.39 is 0 Å². The van der Waals surface area contributed by atoms with Gasteiger partial charge in [0.1, 0.15) is 0 Å². The first-order chi connectivity index (χ1) is 5.02. The Kier molecular flexibility index (Phi) is 2.79. The molecule has 1 N–H and O–H groups in total. The minimum Gasteiger partial charge on any atom is -0.393 e. The molecule has 0 aliphatic carbocycles. The Labute approximate surface area is 73.3 Å². The van der Waals surface area contributed by atoms with E-state index in [4.69, 9.17) is 11.8 Å². The zero-order valence-electron chi connectivity index (χ0n) is 7.18. The fraction of sp³-hybridized carbons (Fsp3) is 1.00. The van der Waals surface area contributed by atoms with E-state index in [0.717, 1.165) is 25.8 Å². The van der Waals surface area contributed by atoms with Crippen LogP contribution in [0.1, 0.15) is 33.1 Å². The molecule has 0 spiro atoms. The lowest BCUT2D eigenvalue weighted by Gasteiger charge is -2.30. The summed E-state index contributed by atoms with van der Waals surface area (Å²) in [5.74, 6) is 0. The van der Waals surface area contributed by atoms with Crippen LogP contribution in [0, 0.1) is 0 Å². The van der Waals surface area contributed by atoms with Crippen LogP contribution < -0.4 is 0 Å². The maximum absolute atomic E-state index is 9.35. The number of aliphatic hydroxyl groups excluding tert-OH is 1. The standard InChI is InChI=1S/C8H16ClNO/c1-8(2)5-3-7(11)4-6-10(8)9/h7,11H,3-6H2,1-2H3. The van der Waals surface area contributed by atoms with E-state index in [2.05, 4.69) is 13.8 Å². The maximum atomic E-state index is 9.35. The van der Waals surface area contributed by atoms with Crippen molar-refractivity contribution in [2.24, 2.45) is 0 Å². The van der Waals surface area contributed by atoms with Crippen molar-refractivity contribution < 1.29 is 5.11 Å². The molecule has 11 heavy (non-hydrogen) atoms. The number of hydrogen-bond acceptors (Lipinski definition) is 2. The van der Waals surface area contributed by atoms with Crippen LogP contribution in [-0.4, -0.2) is 27.7 Å². The van der Waals surface area contributed by atoms with Gasteiger partial charge < -0.3 is 5.11 Å². The van der Waals surface area contributed by atoms with Crippen molar-refractivity contribution in [1.29, 1.82) is 0 Å². The predicted molar refractivity (Wildman–Crippen MR) is 46.5 cm³/mol. The highest BCUT2D eigenvalue weighted by Crippen LogP contribution is 2.27. The van der Waals surface area contributed by atoms with Gasteiger partial charge in [0, 0.05) is 12.1 Å². The first kappa shape index (κ1) is 9.30. The molecule has 1 atom stereocenters. The summed E-state index contributed by atoms with van der Waals surface area (Å²) >= 11 is 6.00. The molecular formula is C8H16ClNO. The number of halogens is 1. The zero-order valence-corrected chi connectivity index (χ0v) is 7.93. The third-order valence-corrected chi connectivity index (χ3v) is 3.03. The summed E-state index contributed by atoms with van der Waals surface area (Å²) < 4.78 is 1.81. The Morgan fingerprint density at radius 1 is 1.45 bits per heavy atom. The maximum Gasteiger partial charge on any atom is 0.0553 e. The highest BCUT2D eigenvalue weighted by molar-refractivity contribution is 6.13. The largest absolute Gasteiger partial charge is 0.393 e. The summed E-state index contributed by atoms with van der Waals surface area (Å²) in [4.78, 5) is 0. The third kappa shape index (κ3) is 2.32. The molecule has 1 heterocycles. The smallest absolute Gasteiger partial charge is 0.0553 e. The van der Waals surface area contributed by atoms with E-state index in [0.29, 0.717) is 0 Å². The minimum absolute atomic E-state index is 0.0407. The fourth-order valence-corrected chi connectivity index (χ4v) is 1.53. The molecule has 0 aromatic rings. The van der Waals surface area contributed by atoms with E-state index in [-0.39, 0.29) is 11.6 Å². The van der Waals surface area contributed by atoms with Crippen LogP contribution in [0.5, 0.6) is 0 Å². The van der Waals surface area contributed by atoms with E-state index in [1.165, 1.54) is 0 Å². The van der Waals surface area contributed by atoms with Gasteiger partial charge in [-0.3, -0.25) is 0 Å². The fourth-order valence-electron chi connectivity index (χ4n) is 1.35. The molecule has 0 saturated carbocycles. The predicted octanol–water partition coefficient (Wildman–Crippen LogP) is 1.77. The second-order valence-electron chi connectivity index (χ2n) is 3.88. The van der Waals surface area contributed by atoms with Crippen LogP contribution in [0.25, 0.3) is 0 Å². The molecule has 66 valence electrons. The Bertz CT molecular complexity index is 138. The van der Waals surface area contributed by atoms with Gasteiger partial charge in [-0.15, -0.1) is 0 Å². The van der Waals surface area contributed by atoms with Gasteiger partial charge in [0.15, 0.2) is 0 Å². The van der Waals surface area contributed by atoms with Crippen LogP contribution in [-0.2, 0) is 0 Å². The highest BCUT2D eigenvalue weighted by Gasteiger charge is 2.29. The molecule has 0 radical (unpaired) electrons. The number of aliphatic hydroxyl groups is 1. The molecule has 1 aliphatic heterocycles. The molecule has 1 saturated heterocycles. The first-order valence-electron chi connectivity index (χ1n) is 4.14. The Balaban J connectivity index is 2.56. The SMILES string of the molecule is CC1(C)CCC(O)CCN1Cl. The van der Waals surface area contributed by atoms with E-state index >= 15 is 0 Å². The van der Waals surface area contributed by atoms with Crippen LogP contribution in [0.4, 0.5) is 0 Å². The molecule has 2 nitrogen and oxygen atoms in total. The van der Waals surface area contributed by atoms with Gasteiger partial charge in [-0.25, -0.2) is 4.42 Å².